The number of hydrogen-bond donors (Lipinski definition) is 0. The minimum Gasteiger partial charge on any atom is -1.00 e. The van der Waals surface area contributed by atoms with Crippen molar-refractivity contribution in [3.05, 3.63) is 85.5 Å². The summed E-state index contributed by atoms with van der Waals surface area (Å²) in [4.78, 5) is 0. The Balaban J connectivity index is 0.00000135. The second-order valence-electron chi connectivity index (χ2n) is 5.68. The smallest absolute Gasteiger partial charge is 0.211 e. The highest BCUT2D eigenvalue weighted by Gasteiger charge is 2.11. The van der Waals surface area contributed by atoms with E-state index in [0.29, 0.717) is 0 Å². The number of pyridine rings is 4. The predicted molar refractivity (Wildman–Crippen MR) is 87.8 cm³/mol. The molecule has 5 aromatic rings. The molecular formula is C20H14BrN2+. The van der Waals surface area contributed by atoms with Crippen molar-refractivity contribution < 1.29 is 25.8 Å². The molecule has 0 aliphatic heterocycles. The fraction of sp³-hybridized carbons (Fsp3) is 0. The largest absolute Gasteiger partial charge is 1.00 e. The molecule has 0 bridgehead atoms. The lowest BCUT2D eigenvalue weighted by molar-refractivity contribution is -0.511. The van der Waals surface area contributed by atoms with Gasteiger partial charge in [0.05, 0.1) is 10.8 Å². The molecule has 110 valence electrons. The van der Waals surface area contributed by atoms with Gasteiger partial charge in [-0.25, -0.2) is 0 Å². The van der Waals surface area contributed by atoms with Gasteiger partial charge in [0.2, 0.25) is 11.0 Å². The number of halogens is 1. The maximum Gasteiger partial charge on any atom is 0.211 e. The van der Waals surface area contributed by atoms with Crippen molar-refractivity contribution in [2.75, 3.05) is 0 Å². The minimum absolute atomic E-state index is 0. The number of hydrogen-bond acceptors (Lipinski definition) is 0. The van der Waals surface area contributed by atoms with E-state index >= 15 is 0 Å². The SMILES string of the molecule is [Br-].c1cc[n+]2cc3c(ccc4cc5cccc[n+]5cc43)cc2c1. The average Bonchev–Trinajstić information content (AvgIpc) is 2.58. The average molecular weight is 362 g/mol. The summed E-state index contributed by atoms with van der Waals surface area (Å²) in [5.41, 5.74) is 2.42. The zero-order chi connectivity index (χ0) is 14.5. The van der Waals surface area contributed by atoms with Crippen LogP contribution in [0.2, 0.25) is 0 Å². The highest BCUT2D eigenvalue weighted by atomic mass is 79.9. The molecule has 4 heterocycles. The molecule has 0 fully saturated rings. The molecule has 0 atom stereocenters. The summed E-state index contributed by atoms with van der Waals surface area (Å²) >= 11 is 0. The standard InChI is InChI=1S/C20H14N2.BrH/c1-3-9-21-13-19-15(11-17(21)5-1)7-8-16-12-18-6-2-4-10-22(18)14-20(16)19;/h1-14H;1H/q+2;/p-1. The second-order valence-corrected chi connectivity index (χ2v) is 5.68. The first-order valence-electron chi connectivity index (χ1n) is 7.45. The first kappa shape index (κ1) is 14.1. The van der Waals surface area contributed by atoms with Crippen LogP contribution in [0.25, 0.3) is 32.6 Å². The summed E-state index contributed by atoms with van der Waals surface area (Å²) in [5.74, 6) is 0. The molecule has 0 saturated heterocycles. The third kappa shape index (κ3) is 2.16. The van der Waals surface area contributed by atoms with E-state index in [1.54, 1.807) is 0 Å². The van der Waals surface area contributed by atoms with Crippen molar-refractivity contribution in [2.24, 2.45) is 0 Å². The Morgan fingerprint density at radius 1 is 0.565 bits per heavy atom. The molecule has 2 nitrogen and oxygen atoms in total. The van der Waals surface area contributed by atoms with Gasteiger partial charge in [-0.1, -0.05) is 12.1 Å². The molecule has 4 aromatic heterocycles. The molecule has 0 aliphatic carbocycles. The molecule has 0 aliphatic rings. The molecule has 1 aromatic carbocycles. The summed E-state index contributed by atoms with van der Waals surface area (Å²) in [6.07, 6.45) is 8.65. The van der Waals surface area contributed by atoms with E-state index < -0.39 is 0 Å². The lowest BCUT2D eigenvalue weighted by atomic mass is 10.0. The van der Waals surface area contributed by atoms with E-state index in [4.69, 9.17) is 0 Å². The zero-order valence-electron chi connectivity index (χ0n) is 12.4. The van der Waals surface area contributed by atoms with Crippen molar-refractivity contribution in [2.45, 2.75) is 0 Å². The molecule has 0 radical (unpaired) electrons. The first-order chi connectivity index (χ1) is 10.9. The molecule has 0 unspecified atom stereocenters. The summed E-state index contributed by atoms with van der Waals surface area (Å²) in [6, 6.07) is 21.5. The number of aromatic nitrogens is 2. The summed E-state index contributed by atoms with van der Waals surface area (Å²) in [5, 5.41) is 5.10. The first-order valence-corrected chi connectivity index (χ1v) is 7.45. The Morgan fingerprint density at radius 2 is 1.04 bits per heavy atom. The fourth-order valence-corrected chi connectivity index (χ4v) is 3.22. The predicted octanol–water partition coefficient (Wildman–Crippen LogP) is 0.474. The number of fused-ring (bicyclic) bond motifs is 5. The molecule has 0 spiro atoms. The van der Waals surface area contributed by atoms with E-state index in [0.717, 1.165) is 0 Å². The quantitative estimate of drug-likeness (QED) is 0.215. The normalized spacial score (nSPS) is 11.1. The third-order valence-corrected chi connectivity index (χ3v) is 4.34. The van der Waals surface area contributed by atoms with E-state index in [1.807, 2.05) is 0 Å². The van der Waals surface area contributed by atoms with Gasteiger partial charge in [-0.3, -0.25) is 0 Å². The molecular weight excluding hydrogens is 348 g/mol. The number of nitrogens with zero attached hydrogens (tertiary/aromatic N) is 2. The summed E-state index contributed by atoms with van der Waals surface area (Å²) in [6.45, 7) is 0. The van der Waals surface area contributed by atoms with E-state index in [1.165, 1.54) is 32.6 Å². The maximum atomic E-state index is 2.24. The van der Waals surface area contributed by atoms with Crippen molar-refractivity contribution in [3.8, 4) is 0 Å². The van der Waals surface area contributed by atoms with Crippen molar-refractivity contribution in [1.82, 2.24) is 0 Å². The van der Waals surface area contributed by atoms with Crippen LogP contribution in [0, 0.1) is 0 Å². The van der Waals surface area contributed by atoms with Gasteiger partial charge >= 0.3 is 0 Å². The highest BCUT2D eigenvalue weighted by molar-refractivity contribution is 6.07. The van der Waals surface area contributed by atoms with Gasteiger partial charge in [0, 0.05) is 36.4 Å². The Hall–Kier alpha value is -2.52. The van der Waals surface area contributed by atoms with Crippen LogP contribution in [0.15, 0.2) is 85.5 Å². The molecule has 0 amide bonds. The summed E-state index contributed by atoms with van der Waals surface area (Å²) in [7, 11) is 0. The van der Waals surface area contributed by atoms with E-state index in [2.05, 4.69) is 94.3 Å². The monoisotopic (exact) mass is 361 g/mol. The van der Waals surface area contributed by atoms with Crippen LogP contribution in [0.4, 0.5) is 0 Å². The van der Waals surface area contributed by atoms with Crippen molar-refractivity contribution >= 4 is 32.6 Å². The van der Waals surface area contributed by atoms with Crippen LogP contribution in [-0.4, -0.2) is 0 Å². The van der Waals surface area contributed by atoms with Gasteiger partial charge in [-0.15, -0.1) is 0 Å². The number of benzene rings is 1. The van der Waals surface area contributed by atoms with Gasteiger partial charge in [0.15, 0.2) is 24.8 Å². The Morgan fingerprint density at radius 3 is 1.52 bits per heavy atom. The Kier molecular flexibility index (Phi) is 3.24. The highest BCUT2D eigenvalue weighted by Crippen LogP contribution is 2.24. The van der Waals surface area contributed by atoms with Crippen molar-refractivity contribution in [1.29, 1.82) is 0 Å². The summed E-state index contributed by atoms with van der Waals surface area (Å²) < 4.78 is 4.36. The van der Waals surface area contributed by atoms with Gasteiger partial charge < -0.3 is 17.0 Å². The van der Waals surface area contributed by atoms with Crippen LogP contribution in [0.1, 0.15) is 0 Å². The van der Waals surface area contributed by atoms with E-state index in [9.17, 15) is 0 Å². The zero-order valence-corrected chi connectivity index (χ0v) is 13.9. The lowest BCUT2D eigenvalue weighted by Crippen LogP contribution is -3.00. The number of rotatable bonds is 0. The second kappa shape index (κ2) is 5.28. The molecule has 23 heavy (non-hydrogen) atoms. The van der Waals surface area contributed by atoms with Gasteiger partial charge in [-0.05, 0) is 22.9 Å². The van der Waals surface area contributed by atoms with Crippen LogP contribution in [0.5, 0.6) is 0 Å². The van der Waals surface area contributed by atoms with Crippen LogP contribution in [-0.2, 0) is 0 Å². The topological polar surface area (TPSA) is 8.20 Å². The van der Waals surface area contributed by atoms with Crippen LogP contribution >= 0.6 is 0 Å². The molecule has 5 rings (SSSR count). The van der Waals surface area contributed by atoms with Gasteiger partial charge in [-0.2, -0.15) is 8.80 Å². The molecule has 0 saturated carbocycles. The lowest BCUT2D eigenvalue weighted by Gasteiger charge is -2.02. The third-order valence-electron chi connectivity index (χ3n) is 4.34. The Labute approximate surface area is 144 Å². The van der Waals surface area contributed by atoms with E-state index in [-0.39, 0.29) is 17.0 Å². The van der Waals surface area contributed by atoms with Crippen LogP contribution < -0.4 is 25.8 Å². The molecule has 3 heteroatoms. The van der Waals surface area contributed by atoms with Crippen molar-refractivity contribution in [3.63, 3.8) is 0 Å². The fourth-order valence-electron chi connectivity index (χ4n) is 3.22. The van der Waals surface area contributed by atoms with Gasteiger partial charge in [0.1, 0.15) is 0 Å². The molecule has 0 N–H and O–H groups in total. The maximum absolute atomic E-state index is 2.24. The Bertz CT molecular complexity index is 1090. The van der Waals surface area contributed by atoms with Gasteiger partial charge in [0.25, 0.3) is 0 Å². The van der Waals surface area contributed by atoms with Crippen LogP contribution in [0.3, 0.4) is 0 Å². The minimum atomic E-state index is 0.